The highest BCUT2D eigenvalue weighted by Crippen LogP contribution is 2.36. The molecule has 0 spiro atoms. The summed E-state index contributed by atoms with van der Waals surface area (Å²) in [6.07, 6.45) is 0. The van der Waals surface area contributed by atoms with Crippen molar-refractivity contribution in [1.29, 1.82) is 0 Å². The van der Waals surface area contributed by atoms with Gasteiger partial charge in [-0.15, -0.1) is 5.10 Å². The van der Waals surface area contributed by atoms with Crippen molar-refractivity contribution in [1.82, 2.24) is 20.0 Å². The first-order chi connectivity index (χ1) is 9.24. The monoisotopic (exact) mass is 258 g/mol. The Bertz CT molecular complexity index is 841. The van der Waals surface area contributed by atoms with E-state index in [4.69, 9.17) is 9.47 Å². The molecule has 1 aliphatic rings. The highest BCUT2D eigenvalue weighted by Gasteiger charge is 2.20. The van der Waals surface area contributed by atoms with Gasteiger partial charge in [-0.2, -0.15) is 4.52 Å². The second-order valence-corrected chi connectivity index (χ2v) is 4.04. The SMILES string of the molecule is O=C(O)c1cc2cc3c(cc2n2nnnc12)OCO3. The molecule has 2 aromatic heterocycles. The Labute approximate surface area is 105 Å². The van der Waals surface area contributed by atoms with Crippen molar-refractivity contribution in [3.05, 3.63) is 23.8 Å². The molecule has 0 bridgehead atoms. The molecule has 8 nitrogen and oxygen atoms in total. The van der Waals surface area contributed by atoms with Crippen molar-refractivity contribution >= 4 is 22.5 Å². The van der Waals surface area contributed by atoms with Crippen LogP contribution in [0.2, 0.25) is 0 Å². The van der Waals surface area contributed by atoms with Crippen LogP contribution in [0.1, 0.15) is 10.4 Å². The highest BCUT2D eigenvalue weighted by atomic mass is 16.7. The average Bonchev–Trinajstić information content (AvgIpc) is 3.03. The minimum Gasteiger partial charge on any atom is -0.478 e. The van der Waals surface area contributed by atoms with E-state index >= 15 is 0 Å². The van der Waals surface area contributed by atoms with Gasteiger partial charge in [0.2, 0.25) is 6.79 Å². The number of tetrazole rings is 1. The van der Waals surface area contributed by atoms with Crippen molar-refractivity contribution < 1.29 is 19.4 Å². The average molecular weight is 258 g/mol. The molecular formula is C11H6N4O4. The van der Waals surface area contributed by atoms with E-state index in [-0.39, 0.29) is 18.0 Å². The third-order valence-corrected chi connectivity index (χ3v) is 2.99. The van der Waals surface area contributed by atoms with Gasteiger partial charge in [-0.25, -0.2) is 4.79 Å². The third-order valence-electron chi connectivity index (χ3n) is 2.99. The van der Waals surface area contributed by atoms with E-state index in [1.807, 2.05) is 0 Å². The van der Waals surface area contributed by atoms with Crippen molar-refractivity contribution in [3.63, 3.8) is 0 Å². The molecule has 0 unspecified atom stereocenters. The van der Waals surface area contributed by atoms with Gasteiger partial charge >= 0.3 is 5.97 Å². The van der Waals surface area contributed by atoms with Crippen molar-refractivity contribution in [2.75, 3.05) is 6.79 Å². The molecule has 0 radical (unpaired) electrons. The van der Waals surface area contributed by atoms with E-state index in [1.165, 1.54) is 10.6 Å². The molecule has 3 aromatic rings. The smallest absolute Gasteiger partial charge is 0.339 e. The number of aromatic carboxylic acids is 1. The van der Waals surface area contributed by atoms with Crippen molar-refractivity contribution in [2.24, 2.45) is 0 Å². The van der Waals surface area contributed by atoms with Crippen LogP contribution >= 0.6 is 0 Å². The summed E-state index contributed by atoms with van der Waals surface area (Å²) < 4.78 is 11.9. The molecule has 0 saturated carbocycles. The molecule has 3 heterocycles. The molecule has 0 fully saturated rings. The molecule has 0 atom stereocenters. The van der Waals surface area contributed by atoms with Crippen LogP contribution in [-0.2, 0) is 0 Å². The van der Waals surface area contributed by atoms with Gasteiger partial charge in [-0.1, -0.05) is 0 Å². The summed E-state index contributed by atoms with van der Waals surface area (Å²) in [5.74, 6) is 0.0861. The lowest BCUT2D eigenvalue weighted by Crippen LogP contribution is -2.02. The van der Waals surface area contributed by atoms with Crippen LogP contribution in [0.3, 0.4) is 0 Å². The quantitative estimate of drug-likeness (QED) is 0.685. The number of carboxylic acids is 1. The van der Waals surface area contributed by atoms with E-state index in [9.17, 15) is 9.90 Å². The topological polar surface area (TPSA) is 98.8 Å². The summed E-state index contributed by atoms with van der Waals surface area (Å²) in [5.41, 5.74) is 0.893. The number of aromatic nitrogens is 4. The van der Waals surface area contributed by atoms with Crippen LogP contribution in [0.4, 0.5) is 0 Å². The first-order valence-electron chi connectivity index (χ1n) is 5.42. The Balaban J connectivity index is 2.18. The van der Waals surface area contributed by atoms with Gasteiger partial charge in [0.05, 0.1) is 5.52 Å². The largest absolute Gasteiger partial charge is 0.478 e. The fourth-order valence-corrected chi connectivity index (χ4v) is 2.14. The highest BCUT2D eigenvalue weighted by molar-refractivity contribution is 5.99. The van der Waals surface area contributed by atoms with E-state index in [1.54, 1.807) is 12.1 Å². The fourth-order valence-electron chi connectivity index (χ4n) is 2.14. The van der Waals surface area contributed by atoms with Gasteiger partial charge < -0.3 is 14.6 Å². The summed E-state index contributed by atoms with van der Waals surface area (Å²) in [5, 5.41) is 20.9. The molecule has 0 saturated heterocycles. The zero-order valence-electron chi connectivity index (χ0n) is 9.40. The third kappa shape index (κ3) is 1.27. The Kier molecular flexibility index (Phi) is 1.75. The van der Waals surface area contributed by atoms with Crippen LogP contribution in [-0.4, -0.2) is 37.9 Å². The molecule has 1 aliphatic heterocycles. The number of hydrogen-bond acceptors (Lipinski definition) is 6. The Morgan fingerprint density at radius 2 is 2.05 bits per heavy atom. The molecule has 94 valence electrons. The van der Waals surface area contributed by atoms with Gasteiger partial charge in [-0.3, -0.25) is 0 Å². The lowest BCUT2D eigenvalue weighted by atomic mass is 10.1. The summed E-state index contributed by atoms with van der Waals surface area (Å²) >= 11 is 0. The Morgan fingerprint density at radius 1 is 1.26 bits per heavy atom. The van der Waals surface area contributed by atoms with Crippen LogP contribution in [0, 0.1) is 0 Å². The second-order valence-electron chi connectivity index (χ2n) is 4.04. The number of pyridine rings is 1. The van der Waals surface area contributed by atoms with Crippen molar-refractivity contribution in [2.45, 2.75) is 0 Å². The number of nitrogens with zero attached hydrogens (tertiary/aromatic N) is 4. The normalized spacial score (nSPS) is 13.3. The maximum Gasteiger partial charge on any atom is 0.339 e. The summed E-state index contributed by atoms with van der Waals surface area (Å²) in [6, 6.07) is 4.96. The van der Waals surface area contributed by atoms with Crippen LogP contribution in [0.5, 0.6) is 11.5 Å². The lowest BCUT2D eigenvalue weighted by molar-refractivity contribution is 0.0698. The summed E-state index contributed by atoms with van der Waals surface area (Å²) in [7, 11) is 0. The second kappa shape index (κ2) is 3.31. The lowest BCUT2D eigenvalue weighted by Gasteiger charge is -2.04. The van der Waals surface area contributed by atoms with E-state index in [0.717, 1.165) is 0 Å². The summed E-state index contributed by atoms with van der Waals surface area (Å²) in [6.45, 7) is 0.149. The van der Waals surface area contributed by atoms with Gasteiger partial charge in [0.1, 0.15) is 5.56 Å². The molecule has 0 amide bonds. The Hall–Kier alpha value is -2.90. The predicted octanol–water partition coefficient (Wildman–Crippen LogP) is 0.704. The maximum atomic E-state index is 11.2. The summed E-state index contributed by atoms with van der Waals surface area (Å²) in [4.78, 5) is 11.2. The van der Waals surface area contributed by atoms with Crippen molar-refractivity contribution in [3.8, 4) is 11.5 Å². The maximum absolute atomic E-state index is 11.2. The molecule has 1 aromatic carbocycles. The number of carboxylic acid groups (broad SMARTS) is 1. The van der Waals surface area contributed by atoms with E-state index < -0.39 is 5.97 Å². The molecule has 4 rings (SSSR count). The predicted molar refractivity (Wildman–Crippen MR) is 61.4 cm³/mol. The molecule has 1 N–H and O–H groups in total. The van der Waals surface area contributed by atoms with Crippen LogP contribution in [0.15, 0.2) is 18.2 Å². The first kappa shape index (κ1) is 10.1. The number of hydrogen-bond donors (Lipinski definition) is 1. The van der Waals surface area contributed by atoms with E-state index in [2.05, 4.69) is 15.5 Å². The minimum absolute atomic E-state index is 0.0383. The number of benzene rings is 1. The first-order valence-corrected chi connectivity index (χ1v) is 5.42. The molecular weight excluding hydrogens is 252 g/mol. The standard InChI is InChI=1S/C11H6N4O4/c16-11(17)6-1-5-2-8-9(19-4-18-8)3-7(5)15-10(6)12-13-14-15/h1-3H,4H2,(H,16,17). The zero-order valence-corrected chi connectivity index (χ0v) is 9.40. The molecule has 19 heavy (non-hydrogen) atoms. The molecule has 8 heteroatoms. The number of carbonyl (C=O) groups is 1. The molecule has 0 aliphatic carbocycles. The van der Waals surface area contributed by atoms with E-state index in [0.29, 0.717) is 22.4 Å². The van der Waals surface area contributed by atoms with Gasteiger partial charge in [0, 0.05) is 11.5 Å². The van der Waals surface area contributed by atoms with Gasteiger partial charge in [0.25, 0.3) is 0 Å². The van der Waals surface area contributed by atoms with Gasteiger partial charge in [-0.05, 0) is 22.6 Å². The number of fused-ring (bicyclic) bond motifs is 4. The van der Waals surface area contributed by atoms with Gasteiger partial charge in [0.15, 0.2) is 17.1 Å². The number of rotatable bonds is 1. The van der Waals surface area contributed by atoms with Crippen LogP contribution in [0.25, 0.3) is 16.6 Å². The minimum atomic E-state index is -1.08. The van der Waals surface area contributed by atoms with Crippen LogP contribution < -0.4 is 9.47 Å². The number of ether oxygens (including phenoxy) is 2. The zero-order chi connectivity index (χ0) is 13.0. The Morgan fingerprint density at radius 3 is 2.84 bits per heavy atom. The fraction of sp³-hybridized carbons (Fsp3) is 0.0909.